The van der Waals surface area contributed by atoms with Crippen LogP contribution in [0.25, 0.3) is 11.3 Å². The van der Waals surface area contributed by atoms with Crippen LogP contribution in [0, 0.1) is 0 Å². The zero-order valence-corrected chi connectivity index (χ0v) is 19.4. The first-order valence-electron chi connectivity index (χ1n) is 9.19. The lowest BCUT2D eigenvalue weighted by Gasteiger charge is -2.31. The highest BCUT2D eigenvalue weighted by Gasteiger charge is 2.26. The second-order valence-corrected chi connectivity index (χ2v) is 9.37. The van der Waals surface area contributed by atoms with Crippen LogP contribution < -0.4 is 5.32 Å². The number of aromatic nitrogens is 2. The molecule has 0 aliphatic carbocycles. The monoisotopic (exact) mass is 500 g/mol. The smallest absolute Gasteiger partial charge is 0.321 e. The molecule has 0 saturated carbocycles. The molecule has 30 heavy (non-hydrogen) atoms. The van der Waals surface area contributed by atoms with Gasteiger partial charge in [-0.3, -0.25) is 0 Å². The summed E-state index contributed by atoms with van der Waals surface area (Å²) >= 11 is 25.5. The van der Waals surface area contributed by atoms with Gasteiger partial charge in [0.05, 0.1) is 20.7 Å². The minimum Gasteiger partial charge on any atom is -0.324 e. The number of amides is 2. The number of carbonyl (C=O) groups excluding carboxylic acids is 1. The fraction of sp³-hybridized carbons (Fsp3) is 0.250. The molecule has 0 spiro atoms. The maximum atomic E-state index is 12.6. The SMILES string of the molecule is O=C(Nc1cc(Cl)nc(Cl)c1)N1CCC(c2nc(-c3ccc(Cl)c(Cl)c3)cs2)CC1. The molecule has 1 aliphatic heterocycles. The van der Waals surface area contributed by atoms with Crippen molar-refractivity contribution in [1.29, 1.82) is 0 Å². The number of piperidine rings is 1. The lowest BCUT2D eigenvalue weighted by Crippen LogP contribution is -2.40. The minimum atomic E-state index is -0.178. The van der Waals surface area contributed by atoms with Crippen LogP contribution in [0.3, 0.4) is 0 Å². The van der Waals surface area contributed by atoms with E-state index in [0.29, 0.717) is 34.7 Å². The van der Waals surface area contributed by atoms with Gasteiger partial charge in [-0.15, -0.1) is 11.3 Å². The molecule has 156 valence electrons. The molecule has 10 heteroatoms. The van der Waals surface area contributed by atoms with Crippen LogP contribution >= 0.6 is 57.7 Å². The van der Waals surface area contributed by atoms with E-state index in [2.05, 4.69) is 10.3 Å². The molecule has 1 aromatic carbocycles. The third-order valence-electron chi connectivity index (χ3n) is 4.88. The van der Waals surface area contributed by atoms with Crippen molar-refractivity contribution in [3.63, 3.8) is 0 Å². The Morgan fingerprint density at radius 3 is 2.37 bits per heavy atom. The van der Waals surface area contributed by atoms with Crippen LogP contribution in [0.15, 0.2) is 35.7 Å². The molecule has 1 N–H and O–H groups in total. The average molecular weight is 502 g/mol. The van der Waals surface area contributed by atoms with Crippen molar-refractivity contribution >= 4 is 69.5 Å². The summed E-state index contributed by atoms with van der Waals surface area (Å²) in [5.74, 6) is 0.320. The van der Waals surface area contributed by atoms with Crippen molar-refractivity contribution in [2.24, 2.45) is 0 Å². The van der Waals surface area contributed by atoms with Crippen LogP contribution in [0.5, 0.6) is 0 Å². The predicted octanol–water partition coefficient (Wildman–Crippen LogP) is 7.23. The molecule has 0 atom stereocenters. The summed E-state index contributed by atoms with van der Waals surface area (Å²) in [5.41, 5.74) is 2.36. The van der Waals surface area contributed by atoms with Crippen molar-refractivity contribution in [1.82, 2.24) is 14.9 Å². The average Bonchev–Trinajstić information content (AvgIpc) is 3.19. The summed E-state index contributed by atoms with van der Waals surface area (Å²) in [7, 11) is 0. The van der Waals surface area contributed by atoms with Gasteiger partial charge >= 0.3 is 6.03 Å². The Morgan fingerprint density at radius 1 is 1.00 bits per heavy atom. The number of anilines is 1. The summed E-state index contributed by atoms with van der Waals surface area (Å²) in [4.78, 5) is 23.0. The molecule has 5 nitrogen and oxygen atoms in total. The maximum absolute atomic E-state index is 12.6. The Hall–Kier alpha value is -1.57. The lowest BCUT2D eigenvalue weighted by atomic mass is 9.98. The first-order valence-corrected chi connectivity index (χ1v) is 11.6. The summed E-state index contributed by atoms with van der Waals surface area (Å²) in [6.07, 6.45) is 1.69. The Morgan fingerprint density at radius 2 is 1.70 bits per heavy atom. The largest absolute Gasteiger partial charge is 0.324 e. The molecule has 4 rings (SSSR count). The van der Waals surface area contributed by atoms with Gasteiger partial charge in [0, 0.05) is 35.6 Å². The molecular weight excluding hydrogens is 486 g/mol. The van der Waals surface area contributed by atoms with Crippen LogP contribution in [0.1, 0.15) is 23.8 Å². The van der Waals surface area contributed by atoms with Gasteiger partial charge in [0.15, 0.2) is 0 Å². The Bertz CT molecular complexity index is 1060. The van der Waals surface area contributed by atoms with E-state index in [4.69, 9.17) is 51.4 Å². The second-order valence-electron chi connectivity index (χ2n) is 6.89. The first kappa shape index (κ1) is 21.7. The lowest BCUT2D eigenvalue weighted by molar-refractivity contribution is 0.194. The normalized spacial score (nSPS) is 14.7. The van der Waals surface area contributed by atoms with Gasteiger partial charge in [-0.05, 0) is 37.1 Å². The van der Waals surface area contributed by atoms with Crippen molar-refractivity contribution in [3.8, 4) is 11.3 Å². The van der Waals surface area contributed by atoms with E-state index in [0.717, 1.165) is 29.1 Å². The number of pyridine rings is 1. The van der Waals surface area contributed by atoms with Gasteiger partial charge < -0.3 is 10.2 Å². The second kappa shape index (κ2) is 9.28. The molecule has 1 fully saturated rings. The molecular formula is C20H16Cl4N4OS. The Labute approximate surface area is 197 Å². The van der Waals surface area contributed by atoms with E-state index in [9.17, 15) is 4.79 Å². The molecule has 0 unspecified atom stereocenters. The summed E-state index contributed by atoms with van der Waals surface area (Å²) in [5, 5.41) is 7.44. The zero-order chi connectivity index (χ0) is 21.3. The highest BCUT2D eigenvalue weighted by atomic mass is 35.5. The molecule has 3 aromatic rings. The van der Waals surface area contributed by atoms with Gasteiger partial charge in [-0.1, -0.05) is 52.5 Å². The molecule has 0 radical (unpaired) electrons. The van der Waals surface area contributed by atoms with E-state index in [1.807, 2.05) is 17.5 Å². The molecule has 1 aliphatic rings. The van der Waals surface area contributed by atoms with Gasteiger partial charge in [0.2, 0.25) is 0 Å². The highest BCUT2D eigenvalue weighted by Crippen LogP contribution is 2.34. The van der Waals surface area contributed by atoms with Crippen molar-refractivity contribution in [2.45, 2.75) is 18.8 Å². The number of halogens is 4. The topological polar surface area (TPSA) is 58.1 Å². The van der Waals surface area contributed by atoms with Gasteiger partial charge in [-0.25, -0.2) is 14.8 Å². The van der Waals surface area contributed by atoms with Gasteiger partial charge in [0.1, 0.15) is 10.3 Å². The summed E-state index contributed by atoms with van der Waals surface area (Å²) < 4.78 is 0. The first-order chi connectivity index (χ1) is 14.4. The van der Waals surface area contributed by atoms with E-state index in [1.165, 1.54) is 0 Å². The van der Waals surface area contributed by atoms with Crippen molar-refractivity contribution in [3.05, 3.63) is 61.1 Å². The number of thiazole rings is 1. The van der Waals surface area contributed by atoms with Crippen LogP contribution in [0.4, 0.5) is 10.5 Å². The number of hydrogen-bond donors (Lipinski definition) is 1. The van der Waals surface area contributed by atoms with Crippen LogP contribution in [-0.2, 0) is 0 Å². The van der Waals surface area contributed by atoms with E-state index >= 15 is 0 Å². The number of likely N-dealkylation sites (tertiary alicyclic amines) is 1. The van der Waals surface area contributed by atoms with E-state index in [1.54, 1.807) is 34.4 Å². The van der Waals surface area contributed by atoms with Gasteiger partial charge in [0.25, 0.3) is 0 Å². The number of hydrogen-bond acceptors (Lipinski definition) is 4. The molecule has 2 aromatic heterocycles. The number of nitrogens with zero attached hydrogens (tertiary/aromatic N) is 3. The zero-order valence-electron chi connectivity index (χ0n) is 15.5. The minimum absolute atomic E-state index is 0.178. The summed E-state index contributed by atoms with van der Waals surface area (Å²) in [6.45, 7) is 1.29. The fourth-order valence-corrected chi connectivity index (χ4v) is 5.09. The maximum Gasteiger partial charge on any atom is 0.321 e. The third kappa shape index (κ3) is 5.01. The number of benzene rings is 1. The van der Waals surface area contributed by atoms with Crippen molar-refractivity contribution in [2.75, 3.05) is 18.4 Å². The molecule has 1 saturated heterocycles. The quantitative estimate of drug-likeness (QED) is 0.385. The predicted molar refractivity (Wildman–Crippen MR) is 124 cm³/mol. The summed E-state index contributed by atoms with van der Waals surface area (Å²) in [6, 6.07) is 8.47. The highest BCUT2D eigenvalue weighted by molar-refractivity contribution is 7.10. The standard InChI is InChI=1S/C20H16Cl4N4OS/c21-14-2-1-12(7-15(14)22)16-10-30-19(26-16)11-3-5-28(6-4-11)20(29)25-13-8-17(23)27-18(24)9-13/h1-2,7-11H,3-6H2,(H,25,27,29). The Balaban J connectivity index is 1.37. The molecule has 3 heterocycles. The third-order valence-corrected chi connectivity index (χ3v) is 7.02. The van der Waals surface area contributed by atoms with Crippen LogP contribution in [0.2, 0.25) is 20.4 Å². The number of carbonyl (C=O) groups is 1. The van der Waals surface area contributed by atoms with E-state index < -0.39 is 0 Å². The molecule has 2 amide bonds. The Kier molecular flexibility index (Phi) is 6.70. The van der Waals surface area contributed by atoms with Crippen molar-refractivity contribution < 1.29 is 4.79 Å². The van der Waals surface area contributed by atoms with Gasteiger partial charge in [-0.2, -0.15) is 0 Å². The van der Waals surface area contributed by atoms with Crippen LogP contribution in [-0.4, -0.2) is 34.0 Å². The fourth-order valence-electron chi connectivity index (χ4n) is 3.33. The number of urea groups is 1. The number of nitrogens with one attached hydrogen (secondary N) is 1. The number of rotatable bonds is 3. The molecule has 0 bridgehead atoms. The van der Waals surface area contributed by atoms with E-state index in [-0.39, 0.29) is 16.3 Å².